The van der Waals surface area contributed by atoms with Crippen LogP contribution in [0.25, 0.3) is 0 Å². The lowest BCUT2D eigenvalue weighted by Crippen LogP contribution is -2.24. The lowest BCUT2D eigenvalue weighted by atomic mass is 10.1. The van der Waals surface area contributed by atoms with Crippen molar-refractivity contribution in [2.45, 2.75) is 38.2 Å². The van der Waals surface area contributed by atoms with Crippen LogP contribution in [-0.2, 0) is 20.8 Å². The maximum absolute atomic E-state index is 10.2. The third kappa shape index (κ3) is 7.19. The predicted octanol–water partition coefficient (Wildman–Crippen LogP) is 1.53. The van der Waals surface area contributed by atoms with Gasteiger partial charge in [-0.3, -0.25) is 19.7 Å². The summed E-state index contributed by atoms with van der Waals surface area (Å²) in [6, 6.07) is 7.66. The van der Waals surface area contributed by atoms with Crippen molar-refractivity contribution < 1.29 is 24.6 Å². The largest absolute Gasteiger partial charge is 0.481 e. The minimum Gasteiger partial charge on any atom is -0.481 e. The van der Waals surface area contributed by atoms with E-state index in [-0.39, 0.29) is 12.8 Å². The van der Waals surface area contributed by atoms with Gasteiger partial charge < -0.3 is 10.2 Å². The smallest absolute Gasteiger partial charge is 0.303 e. The molecule has 3 N–H and O–H groups in total. The van der Waals surface area contributed by atoms with E-state index in [1.54, 1.807) is 0 Å². The van der Waals surface area contributed by atoms with Crippen LogP contribution >= 0.6 is 11.6 Å². The van der Waals surface area contributed by atoms with Crippen molar-refractivity contribution in [3.05, 3.63) is 34.9 Å². The molecular formula is C15H18ClNO5. The van der Waals surface area contributed by atoms with Gasteiger partial charge in [-0.15, -0.1) is 0 Å². The number of aliphatic hydroxyl groups is 1. The van der Waals surface area contributed by atoms with Gasteiger partial charge in [0.05, 0.1) is 6.42 Å². The Hall–Kier alpha value is -1.92. The summed E-state index contributed by atoms with van der Waals surface area (Å²) >= 11 is 5.74. The van der Waals surface area contributed by atoms with Gasteiger partial charge >= 0.3 is 5.97 Å². The average Bonchev–Trinajstić information content (AvgIpc) is 2.74. The maximum Gasteiger partial charge on any atom is 0.303 e. The van der Waals surface area contributed by atoms with Crippen LogP contribution in [0.4, 0.5) is 0 Å². The molecule has 1 fully saturated rings. The number of nitrogens with one attached hydrogen (secondary N) is 1. The molecule has 1 aromatic rings. The Morgan fingerprint density at radius 3 is 2.27 bits per heavy atom. The van der Waals surface area contributed by atoms with E-state index in [0.717, 1.165) is 24.3 Å². The molecule has 2 amide bonds. The molecule has 1 atom stereocenters. The van der Waals surface area contributed by atoms with Gasteiger partial charge in [-0.25, -0.2) is 0 Å². The van der Waals surface area contributed by atoms with E-state index < -0.39 is 23.9 Å². The summed E-state index contributed by atoms with van der Waals surface area (Å²) in [7, 11) is 0. The highest BCUT2D eigenvalue weighted by atomic mass is 35.5. The van der Waals surface area contributed by atoms with Crippen molar-refractivity contribution in [2.24, 2.45) is 0 Å². The van der Waals surface area contributed by atoms with Crippen molar-refractivity contribution in [1.29, 1.82) is 0 Å². The van der Waals surface area contributed by atoms with E-state index >= 15 is 0 Å². The molecule has 0 aliphatic carbocycles. The molecule has 7 heteroatoms. The highest BCUT2D eigenvalue weighted by Gasteiger charge is 2.27. The molecule has 1 unspecified atom stereocenters. The van der Waals surface area contributed by atoms with E-state index in [0.29, 0.717) is 0 Å². The Kier molecular flexibility index (Phi) is 7.56. The number of aliphatic carboxylic acids is 1. The van der Waals surface area contributed by atoms with Crippen LogP contribution in [0, 0.1) is 0 Å². The summed E-state index contributed by atoms with van der Waals surface area (Å²) < 4.78 is 0. The lowest BCUT2D eigenvalue weighted by molar-refractivity contribution is -0.137. The number of aryl methyl sites for hydroxylation is 1. The number of carbonyl (C=O) groups is 3. The summed E-state index contributed by atoms with van der Waals surface area (Å²) in [5.74, 6) is -1.71. The van der Waals surface area contributed by atoms with Crippen LogP contribution in [0.3, 0.4) is 0 Å². The van der Waals surface area contributed by atoms with Crippen LogP contribution in [0.1, 0.15) is 31.2 Å². The number of hydrogen-bond acceptors (Lipinski definition) is 4. The monoisotopic (exact) mass is 327 g/mol. The fourth-order valence-electron chi connectivity index (χ4n) is 1.80. The molecular weight excluding hydrogens is 310 g/mol. The Labute approximate surface area is 133 Å². The summed E-state index contributed by atoms with van der Waals surface area (Å²) in [4.78, 5) is 30.6. The molecule has 120 valence electrons. The summed E-state index contributed by atoms with van der Waals surface area (Å²) in [5, 5.41) is 19.6. The van der Waals surface area contributed by atoms with Gasteiger partial charge in [0.25, 0.3) is 5.91 Å². The molecule has 0 aromatic heterocycles. The molecule has 0 radical (unpaired) electrons. The molecule has 0 saturated carbocycles. The summed E-state index contributed by atoms with van der Waals surface area (Å²) in [5.41, 5.74) is 1.21. The van der Waals surface area contributed by atoms with Gasteiger partial charge in [0.1, 0.15) is 6.10 Å². The van der Waals surface area contributed by atoms with Crippen molar-refractivity contribution in [3.8, 4) is 0 Å². The van der Waals surface area contributed by atoms with Gasteiger partial charge in [-0.05, 0) is 37.0 Å². The molecule has 22 heavy (non-hydrogen) atoms. The first-order chi connectivity index (χ1) is 10.4. The van der Waals surface area contributed by atoms with Crippen molar-refractivity contribution in [3.63, 3.8) is 0 Å². The minimum atomic E-state index is -1.11. The number of unbranched alkanes of at least 4 members (excludes halogenated alkanes) is 1. The van der Waals surface area contributed by atoms with Crippen molar-refractivity contribution in [2.75, 3.05) is 0 Å². The van der Waals surface area contributed by atoms with Crippen LogP contribution in [-0.4, -0.2) is 34.1 Å². The molecule has 1 heterocycles. The average molecular weight is 328 g/mol. The van der Waals surface area contributed by atoms with Crippen molar-refractivity contribution >= 4 is 29.4 Å². The highest BCUT2D eigenvalue weighted by Crippen LogP contribution is 2.12. The highest BCUT2D eigenvalue weighted by molar-refractivity contribution is 6.30. The molecule has 0 bridgehead atoms. The normalized spacial score (nSPS) is 16.7. The van der Waals surface area contributed by atoms with Gasteiger partial charge in [-0.2, -0.15) is 0 Å². The first-order valence-corrected chi connectivity index (χ1v) is 7.24. The zero-order valence-corrected chi connectivity index (χ0v) is 12.7. The van der Waals surface area contributed by atoms with Gasteiger partial charge in [-0.1, -0.05) is 23.7 Å². The second kappa shape index (κ2) is 9.17. The number of hydrogen-bond donors (Lipinski definition) is 3. The number of imide groups is 1. The van der Waals surface area contributed by atoms with Gasteiger partial charge in [0.15, 0.2) is 0 Å². The number of rotatable bonds is 5. The molecule has 1 aliphatic rings. The Balaban J connectivity index is 0.000000255. The second-order valence-corrected chi connectivity index (χ2v) is 5.30. The number of carboxylic acids is 1. The SMILES string of the molecule is O=C(O)CCCCc1ccc(Cl)cc1.O=C1CC(O)C(=O)N1. The lowest BCUT2D eigenvalue weighted by Gasteiger charge is -2.00. The van der Waals surface area contributed by atoms with E-state index in [9.17, 15) is 14.4 Å². The standard InChI is InChI=1S/C11H13ClO2.C4H5NO3/c12-10-7-5-9(6-8-10)3-1-2-4-11(13)14;6-2-1-3(7)5-4(2)8/h5-8H,1-4H2,(H,13,14);2,6H,1H2,(H,5,7,8). The first-order valence-electron chi connectivity index (χ1n) is 6.86. The minimum absolute atomic E-state index is 0.0845. The van der Waals surface area contributed by atoms with Gasteiger partial charge in [0, 0.05) is 11.4 Å². The van der Waals surface area contributed by atoms with Crippen LogP contribution < -0.4 is 5.32 Å². The van der Waals surface area contributed by atoms with Crippen LogP contribution in [0.2, 0.25) is 5.02 Å². The molecule has 2 rings (SSSR count). The zero-order valence-electron chi connectivity index (χ0n) is 11.9. The van der Waals surface area contributed by atoms with E-state index in [2.05, 4.69) is 0 Å². The topological polar surface area (TPSA) is 104 Å². The fraction of sp³-hybridized carbons (Fsp3) is 0.400. The Bertz CT molecular complexity index is 529. The summed E-state index contributed by atoms with van der Waals surface area (Å²) in [6.45, 7) is 0. The maximum atomic E-state index is 10.2. The number of amides is 2. The third-order valence-corrected chi connectivity index (χ3v) is 3.22. The molecule has 0 spiro atoms. The fourth-order valence-corrected chi connectivity index (χ4v) is 1.92. The van der Waals surface area contributed by atoms with Crippen LogP contribution in [0.15, 0.2) is 24.3 Å². The second-order valence-electron chi connectivity index (χ2n) is 4.86. The number of halogens is 1. The quantitative estimate of drug-likeness (QED) is 0.562. The number of aliphatic hydroxyl groups excluding tert-OH is 1. The summed E-state index contributed by atoms with van der Waals surface area (Å²) in [6.07, 6.45) is 1.63. The zero-order chi connectivity index (χ0) is 16.5. The number of carboxylic acid groups (broad SMARTS) is 1. The molecule has 1 aliphatic heterocycles. The van der Waals surface area contributed by atoms with E-state index in [1.807, 2.05) is 29.6 Å². The third-order valence-electron chi connectivity index (χ3n) is 2.96. The Morgan fingerprint density at radius 2 is 1.86 bits per heavy atom. The van der Waals surface area contributed by atoms with Gasteiger partial charge in [0.2, 0.25) is 5.91 Å². The van der Waals surface area contributed by atoms with Crippen LogP contribution in [0.5, 0.6) is 0 Å². The molecule has 1 saturated heterocycles. The molecule has 1 aromatic carbocycles. The van der Waals surface area contributed by atoms with E-state index in [4.69, 9.17) is 21.8 Å². The van der Waals surface area contributed by atoms with E-state index in [1.165, 1.54) is 5.56 Å². The Morgan fingerprint density at radius 1 is 1.23 bits per heavy atom. The predicted molar refractivity (Wildman–Crippen MR) is 80.4 cm³/mol. The number of benzene rings is 1. The first kappa shape index (κ1) is 18.1. The number of carbonyl (C=O) groups excluding carboxylic acids is 2. The van der Waals surface area contributed by atoms with Crippen molar-refractivity contribution in [1.82, 2.24) is 5.32 Å². The molecule has 6 nitrogen and oxygen atoms in total.